The van der Waals surface area contributed by atoms with Gasteiger partial charge in [-0.05, 0) is 19.4 Å². The van der Waals surface area contributed by atoms with E-state index in [9.17, 15) is 0 Å². The molecule has 2 aromatic rings. The zero-order valence-corrected chi connectivity index (χ0v) is 20.8. The van der Waals surface area contributed by atoms with E-state index in [-0.39, 0.29) is 24.0 Å². The highest BCUT2D eigenvalue weighted by atomic mass is 127. The van der Waals surface area contributed by atoms with Crippen molar-refractivity contribution < 1.29 is 4.52 Å². The number of nitrogens with zero attached hydrogens (tertiary/aromatic N) is 4. The van der Waals surface area contributed by atoms with E-state index in [2.05, 4.69) is 68.6 Å². The molecule has 3 rings (SSSR count). The molecule has 164 valence electrons. The average Bonchev–Trinajstić information content (AvgIpc) is 3.08. The predicted octanol–water partition coefficient (Wildman–Crippen LogP) is 3.92. The lowest BCUT2D eigenvalue weighted by molar-refractivity contribution is 0.194. The largest absolute Gasteiger partial charge is 0.361 e. The molecule has 0 bridgehead atoms. The van der Waals surface area contributed by atoms with E-state index in [1.165, 1.54) is 11.1 Å². The lowest BCUT2D eigenvalue weighted by Gasteiger charge is -2.36. The molecule has 0 saturated carbocycles. The quantitative estimate of drug-likeness (QED) is 0.354. The number of piperazine rings is 1. The topological polar surface area (TPSA) is 56.9 Å². The standard InChI is InChI=1S/C23H33N5O.HI/c1-18(22-19(2)26-29-20(22)3)17-25-23(24-4)28-15-13-27(14-16-28)12-8-11-21-9-6-5-7-10-21;/h5-11,18H,12-17H2,1-4H3,(H,24,25);1H/b11-8+;. The molecule has 0 amide bonds. The number of hydrogen-bond acceptors (Lipinski definition) is 4. The third-order valence-corrected chi connectivity index (χ3v) is 5.50. The van der Waals surface area contributed by atoms with Crippen molar-refractivity contribution in [3.05, 3.63) is 59.0 Å². The Balaban J connectivity index is 0.00000320. The highest BCUT2D eigenvalue weighted by Gasteiger charge is 2.21. The van der Waals surface area contributed by atoms with Gasteiger partial charge in [0.05, 0.1) is 5.69 Å². The molecule has 6 nitrogen and oxygen atoms in total. The first-order chi connectivity index (χ1) is 14.1. The Labute approximate surface area is 197 Å². The van der Waals surface area contributed by atoms with Gasteiger partial charge >= 0.3 is 0 Å². The molecular formula is C23H34IN5O. The average molecular weight is 523 g/mol. The van der Waals surface area contributed by atoms with Gasteiger partial charge in [0.15, 0.2) is 5.96 Å². The van der Waals surface area contributed by atoms with Crippen LogP contribution >= 0.6 is 24.0 Å². The molecule has 1 aliphatic heterocycles. The summed E-state index contributed by atoms with van der Waals surface area (Å²) in [6, 6.07) is 10.5. The van der Waals surface area contributed by atoms with Crippen LogP contribution in [-0.2, 0) is 0 Å². The first kappa shape index (κ1) is 24.4. The van der Waals surface area contributed by atoms with Crippen molar-refractivity contribution in [2.45, 2.75) is 26.7 Å². The number of aromatic nitrogens is 1. The van der Waals surface area contributed by atoms with Gasteiger partial charge in [0, 0.05) is 57.8 Å². The molecule has 1 saturated heterocycles. The molecular weight excluding hydrogens is 489 g/mol. The first-order valence-corrected chi connectivity index (χ1v) is 10.4. The fourth-order valence-electron chi connectivity index (χ4n) is 3.92. The molecule has 0 aliphatic carbocycles. The second-order valence-corrected chi connectivity index (χ2v) is 7.67. The zero-order valence-electron chi connectivity index (χ0n) is 18.5. The number of aliphatic imine (C=N–C) groups is 1. The Morgan fingerprint density at radius 3 is 2.50 bits per heavy atom. The minimum Gasteiger partial charge on any atom is -0.361 e. The van der Waals surface area contributed by atoms with E-state index < -0.39 is 0 Å². The van der Waals surface area contributed by atoms with Gasteiger partial charge in [0.2, 0.25) is 0 Å². The van der Waals surface area contributed by atoms with Gasteiger partial charge < -0.3 is 14.7 Å². The molecule has 1 N–H and O–H groups in total. The molecule has 30 heavy (non-hydrogen) atoms. The maximum atomic E-state index is 5.31. The Hall–Kier alpha value is -1.87. The fourth-order valence-corrected chi connectivity index (χ4v) is 3.92. The van der Waals surface area contributed by atoms with Gasteiger partial charge in [-0.1, -0.05) is 54.6 Å². The number of nitrogens with one attached hydrogen (secondary N) is 1. The van der Waals surface area contributed by atoms with Crippen LogP contribution in [0.3, 0.4) is 0 Å². The Morgan fingerprint density at radius 2 is 1.90 bits per heavy atom. The lowest BCUT2D eigenvalue weighted by Crippen LogP contribution is -2.52. The molecule has 7 heteroatoms. The Kier molecular flexibility index (Phi) is 9.84. The number of hydrogen-bond donors (Lipinski definition) is 1. The van der Waals surface area contributed by atoms with Crippen molar-refractivity contribution >= 4 is 36.0 Å². The minimum absolute atomic E-state index is 0. The maximum Gasteiger partial charge on any atom is 0.193 e. The summed E-state index contributed by atoms with van der Waals surface area (Å²) in [4.78, 5) is 9.32. The smallest absolute Gasteiger partial charge is 0.193 e. The van der Waals surface area contributed by atoms with Crippen LogP contribution in [0.5, 0.6) is 0 Å². The molecule has 1 unspecified atom stereocenters. The van der Waals surface area contributed by atoms with Crippen molar-refractivity contribution in [2.75, 3.05) is 46.3 Å². The maximum absolute atomic E-state index is 5.31. The van der Waals surface area contributed by atoms with Crippen LogP contribution in [-0.4, -0.2) is 67.2 Å². The van der Waals surface area contributed by atoms with Crippen LogP contribution in [0.1, 0.15) is 35.4 Å². The van der Waals surface area contributed by atoms with E-state index in [0.717, 1.165) is 56.7 Å². The van der Waals surface area contributed by atoms with Gasteiger partial charge in [-0.2, -0.15) is 0 Å². The number of guanidine groups is 1. The Bertz CT molecular complexity index is 806. The Morgan fingerprint density at radius 1 is 1.20 bits per heavy atom. The molecule has 2 heterocycles. The van der Waals surface area contributed by atoms with Gasteiger partial charge in [-0.3, -0.25) is 9.89 Å². The molecule has 1 aromatic heterocycles. The number of rotatable bonds is 6. The van der Waals surface area contributed by atoms with Crippen LogP contribution in [0.25, 0.3) is 6.08 Å². The van der Waals surface area contributed by atoms with Crippen molar-refractivity contribution in [2.24, 2.45) is 4.99 Å². The monoisotopic (exact) mass is 523 g/mol. The van der Waals surface area contributed by atoms with Crippen LogP contribution in [0, 0.1) is 13.8 Å². The van der Waals surface area contributed by atoms with Gasteiger partial charge in [-0.15, -0.1) is 24.0 Å². The van der Waals surface area contributed by atoms with E-state index in [4.69, 9.17) is 4.52 Å². The van der Waals surface area contributed by atoms with Crippen molar-refractivity contribution in [1.29, 1.82) is 0 Å². The third-order valence-electron chi connectivity index (χ3n) is 5.50. The predicted molar refractivity (Wildman–Crippen MR) is 135 cm³/mol. The van der Waals surface area contributed by atoms with Gasteiger partial charge in [-0.25, -0.2) is 0 Å². The van der Waals surface area contributed by atoms with Crippen LogP contribution in [0.15, 0.2) is 45.9 Å². The summed E-state index contributed by atoms with van der Waals surface area (Å²) in [6.45, 7) is 12.0. The second kappa shape index (κ2) is 12.1. The number of aryl methyl sites for hydroxylation is 2. The summed E-state index contributed by atoms with van der Waals surface area (Å²) >= 11 is 0. The molecule has 1 fully saturated rings. The molecule has 1 aromatic carbocycles. The normalized spacial score (nSPS) is 16.5. The number of halogens is 1. The highest BCUT2D eigenvalue weighted by molar-refractivity contribution is 14.0. The summed E-state index contributed by atoms with van der Waals surface area (Å²) in [5.74, 6) is 2.20. The van der Waals surface area contributed by atoms with Gasteiger partial charge in [0.25, 0.3) is 0 Å². The van der Waals surface area contributed by atoms with E-state index in [1.54, 1.807) is 0 Å². The minimum atomic E-state index is 0. The van der Waals surface area contributed by atoms with E-state index >= 15 is 0 Å². The summed E-state index contributed by atoms with van der Waals surface area (Å²) in [6.07, 6.45) is 4.45. The van der Waals surface area contributed by atoms with Crippen molar-refractivity contribution in [3.8, 4) is 0 Å². The summed E-state index contributed by atoms with van der Waals surface area (Å²) in [5, 5.41) is 7.61. The summed E-state index contributed by atoms with van der Waals surface area (Å²) in [7, 11) is 1.86. The van der Waals surface area contributed by atoms with Crippen LogP contribution in [0.4, 0.5) is 0 Å². The molecule has 1 aliphatic rings. The van der Waals surface area contributed by atoms with E-state index in [0.29, 0.717) is 5.92 Å². The molecule has 0 spiro atoms. The van der Waals surface area contributed by atoms with E-state index in [1.807, 2.05) is 27.0 Å². The van der Waals surface area contributed by atoms with Crippen molar-refractivity contribution in [1.82, 2.24) is 20.3 Å². The zero-order chi connectivity index (χ0) is 20.6. The van der Waals surface area contributed by atoms with Crippen molar-refractivity contribution in [3.63, 3.8) is 0 Å². The summed E-state index contributed by atoms with van der Waals surface area (Å²) < 4.78 is 5.31. The third kappa shape index (κ3) is 6.57. The molecule has 0 radical (unpaired) electrons. The van der Waals surface area contributed by atoms with Crippen LogP contribution in [0.2, 0.25) is 0 Å². The lowest BCUT2D eigenvalue weighted by atomic mass is 10.00. The highest BCUT2D eigenvalue weighted by Crippen LogP contribution is 2.22. The molecule has 1 atom stereocenters. The second-order valence-electron chi connectivity index (χ2n) is 7.67. The van der Waals surface area contributed by atoms with Gasteiger partial charge in [0.1, 0.15) is 5.76 Å². The first-order valence-electron chi connectivity index (χ1n) is 10.4. The SMILES string of the molecule is CN=C(NCC(C)c1c(C)noc1C)N1CCN(C/C=C/c2ccccc2)CC1.I. The number of benzene rings is 1. The van der Waals surface area contributed by atoms with Crippen LogP contribution < -0.4 is 5.32 Å². The fraction of sp³-hybridized carbons (Fsp3) is 0.478. The summed E-state index contributed by atoms with van der Waals surface area (Å²) in [5.41, 5.74) is 3.43.